The molecular weight excluding hydrogens is 270 g/mol. The molecule has 3 rings (SSSR count). The van der Waals surface area contributed by atoms with Crippen molar-refractivity contribution < 1.29 is 14.3 Å². The second kappa shape index (κ2) is 6.58. The minimum absolute atomic E-state index is 0.0169. The highest BCUT2D eigenvalue weighted by Crippen LogP contribution is 2.37. The van der Waals surface area contributed by atoms with Gasteiger partial charge in [-0.3, -0.25) is 9.48 Å². The maximum absolute atomic E-state index is 11.8. The summed E-state index contributed by atoms with van der Waals surface area (Å²) in [6, 6.07) is 1.85. The van der Waals surface area contributed by atoms with Crippen molar-refractivity contribution in [2.75, 3.05) is 13.2 Å². The molecule has 2 fully saturated rings. The summed E-state index contributed by atoms with van der Waals surface area (Å²) in [7, 11) is 0. The van der Waals surface area contributed by atoms with Crippen molar-refractivity contribution in [1.82, 2.24) is 15.1 Å². The number of amides is 1. The number of aromatic nitrogens is 2. The second-order valence-electron chi connectivity index (χ2n) is 5.85. The Kier molecular flexibility index (Phi) is 4.55. The summed E-state index contributed by atoms with van der Waals surface area (Å²) < 4.78 is 13.6. The second-order valence-corrected chi connectivity index (χ2v) is 5.85. The standard InChI is InChI=1S/C15H23N3O3/c19-14(5-10-18-9-4-8-17-18)16-11-13-12-20-15(21-13)6-2-1-3-7-15/h4,8-9,13H,1-3,5-7,10-12H2,(H,16,19)/t13-/m1/s1. The maximum Gasteiger partial charge on any atom is 0.221 e. The Balaban J connectivity index is 1.36. The fourth-order valence-corrected chi connectivity index (χ4v) is 3.03. The van der Waals surface area contributed by atoms with Crippen molar-refractivity contribution in [2.45, 2.75) is 57.0 Å². The predicted octanol–water partition coefficient (Wildman–Crippen LogP) is 1.47. The smallest absolute Gasteiger partial charge is 0.221 e. The van der Waals surface area contributed by atoms with Gasteiger partial charge in [-0.1, -0.05) is 6.42 Å². The Bertz CT molecular complexity index is 455. The molecule has 1 aliphatic heterocycles. The SMILES string of the molecule is O=C(CCn1cccn1)NC[C@@H]1COC2(CCCCC2)O1. The van der Waals surface area contributed by atoms with E-state index in [2.05, 4.69) is 10.4 Å². The molecule has 6 heteroatoms. The minimum atomic E-state index is -0.358. The predicted molar refractivity (Wildman–Crippen MR) is 76.5 cm³/mol. The van der Waals surface area contributed by atoms with Gasteiger partial charge in [0.25, 0.3) is 0 Å². The Labute approximate surface area is 124 Å². The summed E-state index contributed by atoms with van der Waals surface area (Å²) in [5.74, 6) is -0.332. The number of rotatable bonds is 5. The highest BCUT2D eigenvalue weighted by molar-refractivity contribution is 5.75. The Morgan fingerprint density at radius 2 is 2.24 bits per heavy atom. The first-order valence-electron chi connectivity index (χ1n) is 7.82. The summed E-state index contributed by atoms with van der Waals surface area (Å²) in [6.45, 7) is 1.71. The van der Waals surface area contributed by atoms with E-state index in [4.69, 9.17) is 9.47 Å². The zero-order valence-corrected chi connectivity index (χ0v) is 12.3. The number of hydrogen-bond donors (Lipinski definition) is 1. The van der Waals surface area contributed by atoms with Crippen molar-refractivity contribution in [3.05, 3.63) is 18.5 Å². The number of ether oxygens (including phenoxy) is 2. The van der Waals surface area contributed by atoms with Gasteiger partial charge in [0.05, 0.1) is 6.61 Å². The fraction of sp³-hybridized carbons (Fsp3) is 0.733. The number of carbonyl (C=O) groups excluding carboxylic acids is 1. The van der Waals surface area contributed by atoms with E-state index in [9.17, 15) is 4.79 Å². The maximum atomic E-state index is 11.8. The van der Waals surface area contributed by atoms with E-state index in [0.717, 1.165) is 12.8 Å². The zero-order valence-electron chi connectivity index (χ0n) is 12.3. The van der Waals surface area contributed by atoms with Crippen molar-refractivity contribution in [3.63, 3.8) is 0 Å². The molecule has 0 aromatic carbocycles. The number of nitrogens with zero attached hydrogens (tertiary/aromatic N) is 2. The summed E-state index contributed by atoms with van der Waals surface area (Å²) in [5.41, 5.74) is 0. The largest absolute Gasteiger partial charge is 0.353 e. The van der Waals surface area contributed by atoms with Gasteiger partial charge >= 0.3 is 0 Å². The molecular formula is C15H23N3O3. The van der Waals surface area contributed by atoms with E-state index in [1.54, 1.807) is 10.9 Å². The lowest BCUT2D eigenvalue weighted by Crippen LogP contribution is -2.37. The van der Waals surface area contributed by atoms with Crippen molar-refractivity contribution in [2.24, 2.45) is 0 Å². The minimum Gasteiger partial charge on any atom is -0.353 e. The molecule has 0 radical (unpaired) electrons. The highest BCUT2D eigenvalue weighted by atomic mass is 16.7. The molecule has 1 N–H and O–H groups in total. The lowest BCUT2D eigenvalue weighted by molar-refractivity contribution is -0.186. The van der Waals surface area contributed by atoms with Crippen LogP contribution in [0.25, 0.3) is 0 Å². The van der Waals surface area contributed by atoms with Crippen LogP contribution in [-0.2, 0) is 20.8 Å². The zero-order chi connectivity index (χ0) is 14.5. The normalized spacial score (nSPS) is 24.3. The molecule has 6 nitrogen and oxygen atoms in total. The van der Waals surface area contributed by atoms with E-state index >= 15 is 0 Å². The molecule has 1 amide bonds. The van der Waals surface area contributed by atoms with E-state index in [1.165, 1.54) is 19.3 Å². The molecule has 1 aliphatic carbocycles. The lowest BCUT2D eigenvalue weighted by Gasteiger charge is -2.31. The van der Waals surface area contributed by atoms with Crippen molar-refractivity contribution >= 4 is 5.91 Å². The third-order valence-electron chi connectivity index (χ3n) is 4.18. The van der Waals surface area contributed by atoms with Gasteiger partial charge in [-0.15, -0.1) is 0 Å². The average Bonchev–Trinajstić information content (AvgIpc) is 3.14. The molecule has 1 aromatic heterocycles. The Hall–Kier alpha value is -1.40. The van der Waals surface area contributed by atoms with Crippen LogP contribution >= 0.6 is 0 Å². The van der Waals surface area contributed by atoms with Gasteiger partial charge in [0, 0.05) is 44.7 Å². The van der Waals surface area contributed by atoms with Gasteiger partial charge in [0.15, 0.2) is 5.79 Å². The van der Waals surface area contributed by atoms with Gasteiger partial charge in [-0.05, 0) is 18.9 Å². The summed E-state index contributed by atoms with van der Waals surface area (Å²) in [6.07, 6.45) is 9.55. The van der Waals surface area contributed by atoms with Crippen LogP contribution in [0.15, 0.2) is 18.5 Å². The first-order valence-corrected chi connectivity index (χ1v) is 7.82. The molecule has 1 saturated carbocycles. The molecule has 1 saturated heterocycles. The number of nitrogens with one attached hydrogen (secondary N) is 1. The Morgan fingerprint density at radius 3 is 3.00 bits per heavy atom. The third kappa shape index (κ3) is 3.83. The fourth-order valence-electron chi connectivity index (χ4n) is 3.03. The van der Waals surface area contributed by atoms with Crippen molar-refractivity contribution in [1.29, 1.82) is 0 Å². The van der Waals surface area contributed by atoms with Crippen LogP contribution in [0, 0.1) is 0 Å². The van der Waals surface area contributed by atoms with Gasteiger partial charge < -0.3 is 14.8 Å². The average molecular weight is 293 g/mol. The van der Waals surface area contributed by atoms with Crippen LogP contribution in [0.1, 0.15) is 38.5 Å². The lowest BCUT2D eigenvalue weighted by atomic mass is 9.94. The molecule has 116 valence electrons. The van der Waals surface area contributed by atoms with E-state index in [-0.39, 0.29) is 17.8 Å². The van der Waals surface area contributed by atoms with Gasteiger partial charge in [-0.25, -0.2) is 0 Å². The van der Waals surface area contributed by atoms with E-state index < -0.39 is 0 Å². The van der Waals surface area contributed by atoms with Crippen LogP contribution < -0.4 is 5.32 Å². The molecule has 1 spiro atoms. The first kappa shape index (κ1) is 14.5. The quantitative estimate of drug-likeness (QED) is 0.892. The van der Waals surface area contributed by atoms with Crippen LogP contribution in [0.2, 0.25) is 0 Å². The Morgan fingerprint density at radius 1 is 1.38 bits per heavy atom. The van der Waals surface area contributed by atoms with E-state index in [0.29, 0.717) is 26.1 Å². The van der Waals surface area contributed by atoms with Gasteiger partial charge in [0.2, 0.25) is 5.91 Å². The summed E-state index contributed by atoms with van der Waals surface area (Å²) >= 11 is 0. The summed E-state index contributed by atoms with van der Waals surface area (Å²) in [4.78, 5) is 11.8. The van der Waals surface area contributed by atoms with Crippen LogP contribution in [0.5, 0.6) is 0 Å². The van der Waals surface area contributed by atoms with Crippen LogP contribution in [-0.4, -0.2) is 40.7 Å². The van der Waals surface area contributed by atoms with E-state index in [1.807, 2.05) is 12.3 Å². The number of hydrogen-bond acceptors (Lipinski definition) is 4. The number of aryl methyl sites for hydroxylation is 1. The van der Waals surface area contributed by atoms with Gasteiger partial charge in [0.1, 0.15) is 6.10 Å². The van der Waals surface area contributed by atoms with Crippen LogP contribution in [0.3, 0.4) is 0 Å². The van der Waals surface area contributed by atoms with Crippen molar-refractivity contribution in [3.8, 4) is 0 Å². The van der Waals surface area contributed by atoms with Gasteiger partial charge in [-0.2, -0.15) is 5.10 Å². The summed E-state index contributed by atoms with van der Waals surface area (Å²) in [5, 5.41) is 7.00. The molecule has 1 aromatic rings. The molecule has 0 unspecified atom stereocenters. The highest BCUT2D eigenvalue weighted by Gasteiger charge is 2.42. The molecule has 0 bridgehead atoms. The molecule has 2 heterocycles. The molecule has 21 heavy (non-hydrogen) atoms. The number of carbonyl (C=O) groups is 1. The molecule has 2 aliphatic rings. The van der Waals surface area contributed by atoms with Crippen LogP contribution in [0.4, 0.5) is 0 Å². The third-order valence-corrected chi connectivity index (χ3v) is 4.18. The first-order chi connectivity index (χ1) is 10.3. The monoisotopic (exact) mass is 293 g/mol. The molecule has 1 atom stereocenters. The topological polar surface area (TPSA) is 65.4 Å².